The highest BCUT2D eigenvalue weighted by Gasteiger charge is 2.16. The summed E-state index contributed by atoms with van der Waals surface area (Å²) in [4.78, 5) is 18.9. The van der Waals surface area contributed by atoms with Crippen LogP contribution in [-0.4, -0.2) is 27.6 Å². The summed E-state index contributed by atoms with van der Waals surface area (Å²) in [6.45, 7) is 2.54. The van der Waals surface area contributed by atoms with Gasteiger partial charge in [-0.25, -0.2) is 14.8 Å². The van der Waals surface area contributed by atoms with Crippen molar-refractivity contribution in [2.75, 3.05) is 11.9 Å². The van der Waals surface area contributed by atoms with E-state index in [-0.39, 0.29) is 5.56 Å². The van der Waals surface area contributed by atoms with E-state index in [1.165, 1.54) is 25.5 Å². The molecule has 0 amide bonds. The summed E-state index contributed by atoms with van der Waals surface area (Å²) in [5, 5.41) is 12.0. The summed E-state index contributed by atoms with van der Waals surface area (Å²) in [6, 6.07) is 0. The van der Waals surface area contributed by atoms with Crippen LogP contribution >= 0.6 is 0 Å². The average Bonchev–Trinajstić information content (AvgIpc) is 2.21. The number of hydrogen-bond donors (Lipinski definition) is 2. The third kappa shape index (κ3) is 2.93. The molecule has 1 fully saturated rings. The van der Waals surface area contributed by atoms with Crippen LogP contribution in [0.25, 0.3) is 0 Å². The molecule has 2 rings (SSSR count). The molecule has 5 nitrogen and oxygen atoms in total. The summed E-state index contributed by atoms with van der Waals surface area (Å²) in [7, 11) is 0. The zero-order valence-electron chi connectivity index (χ0n) is 9.94. The monoisotopic (exact) mass is 235 g/mol. The van der Waals surface area contributed by atoms with E-state index >= 15 is 0 Å². The maximum atomic E-state index is 10.8. The highest BCUT2D eigenvalue weighted by Crippen LogP contribution is 2.28. The van der Waals surface area contributed by atoms with Gasteiger partial charge in [0.1, 0.15) is 0 Å². The Hall–Kier alpha value is -1.65. The Kier molecular flexibility index (Phi) is 3.56. The molecule has 5 heteroatoms. The number of nitrogens with one attached hydrogen (secondary N) is 1. The third-order valence-corrected chi connectivity index (χ3v) is 3.27. The highest BCUT2D eigenvalue weighted by atomic mass is 16.4. The first-order valence-corrected chi connectivity index (χ1v) is 5.97. The minimum Gasteiger partial charge on any atom is -0.478 e. The van der Waals surface area contributed by atoms with Crippen molar-refractivity contribution in [1.29, 1.82) is 0 Å². The molecule has 1 aromatic rings. The predicted molar refractivity (Wildman–Crippen MR) is 64.2 cm³/mol. The van der Waals surface area contributed by atoms with E-state index in [1.807, 2.05) is 0 Å². The number of anilines is 1. The van der Waals surface area contributed by atoms with E-state index in [0.29, 0.717) is 11.6 Å². The van der Waals surface area contributed by atoms with Crippen molar-refractivity contribution >= 4 is 11.9 Å². The lowest BCUT2D eigenvalue weighted by Gasteiger charge is -2.25. The number of nitrogens with zero attached hydrogens (tertiary/aromatic N) is 2. The first-order valence-electron chi connectivity index (χ1n) is 5.97. The number of rotatable bonds is 5. The maximum absolute atomic E-state index is 10.8. The molecule has 0 bridgehead atoms. The van der Waals surface area contributed by atoms with Gasteiger partial charge in [0.05, 0.1) is 11.3 Å². The fourth-order valence-corrected chi connectivity index (χ4v) is 1.93. The zero-order chi connectivity index (χ0) is 12.3. The molecule has 0 spiro atoms. The first-order chi connectivity index (χ1) is 8.16. The number of aromatic nitrogens is 2. The molecule has 2 N–H and O–H groups in total. The molecule has 1 heterocycles. The van der Waals surface area contributed by atoms with Crippen LogP contribution < -0.4 is 5.32 Å². The lowest BCUT2D eigenvalue weighted by Crippen LogP contribution is -2.17. The maximum Gasteiger partial charge on any atom is 0.339 e. The van der Waals surface area contributed by atoms with E-state index < -0.39 is 5.97 Å². The second kappa shape index (κ2) is 5.12. The number of hydrogen-bond acceptors (Lipinski definition) is 4. The molecule has 0 saturated heterocycles. The SMILES string of the molecule is Cc1nc(NCCC2CCC2)ncc1C(=O)O. The van der Waals surface area contributed by atoms with Crippen molar-refractivity contribution in [3.05, 3.63) is 17.5 Å². The fourth-order valence-electron chi connectivity index (χ4n) is 1.93. The van der Waals surface area contributed by atoms with Gasteiger partial charge in [-0.15, -0.1) is 0 Å². The van der Waals surface area contributed by atoms with Gasteiger partial charge in [-0.2, -0.15) is 0 Å². The minimum atomic E-state index is -0.983. The highest BCUT2D eigenvalue weighted by molar-refractivity contribution is 5.88. The van der Waals surface area contributed by atoms with E-state index in [1.54, 1.807) is 6.92 Å². The summed E-state index contributed by atoms with van der Waals surface area (Å²) < 4.78 is 0. The van der Waals surface area contributed by atoms with Gasteiger partial charge in [0, 0.05) is 12.7 Å². The van der Waals surface area contributed by atoms with Gasteiger partial charge < -0.3 is 10.4 Å². The summed E-state index contributed by atoms with van der Waals surface area (Å²) in [6.07, 6.45) is 6.52. The Morgan fingerprint density at radius 1 is 1.59 bits per heavy atom. The number of carbonyl (C=O) groups is 1. The summed E-state index contributed by atoms with van der Waals surface area (Å²) in [5.74, 6) is 0.386. The van der Waals surface area contributed by atoms with Gasteiger partial charge >= 0.3 is 5.97 Å². The minimum absolute atomic E-state index is 0.162. The Bertz CT molecular complexity index is 416. The number of aromatic carboxylic acids is 1. The van der Waals surface area contributed by atoms with Gasteiger partial charge in [-0.3, -0.25) is 0 Å². The van der Waals surface area contributed by atoms with Crippen molar-refractivity contribution in [3.63, 3.8) is 0 Å². The molecule has 1 aliphatic rings. The van der Waals surface area contributed by atoms with Crippen molar-refractivity contribution in [3.8, 4) is 0 Å². The van der Waals surface area contributed by atoms with Crippen LogP contribution in [0.5, 0.6) is 0 Å². The van der Waals surface area contributed by atoms with Crippen molar-refractivity contribution < 1.29 is 9.90 Å². The largest absolute Gasteiger partial charge is 0.478 e. The summed E-state index contributed by atoms with van der Waals surface area (Å²) >= 11 is 0. The van der Waals surface area contributed by atoms with Gasteiger partial charge in [-0.1, -0.05) is 19.3 Å². The zero-order valence-corrected chi connectivity index (χ0v) is 9.94. The summed E-state index contributed by atoms with van der Waals surface area (Å²) in [5.41, 5.74) is 0.660. The van der Waals surface area contributed by atoms with Crippen LogP contribution in [0.4, 0.5) is 5.95 Å². The lowest BCUT2D eigenvalue weighted by atomic mass is 9.83. The van der Waals surface area contributed by atoms with Crippen molar-refractivity contribution in [2.24, 2.45) is 5.92 Å². The van der Waals surface area contributed by atoms with Crippen LogP contribution in [0.3, 0.4) is 0 Å². The molecule has 0 atom stereocenters. The molecule has 1 saturated carbocycles. The fraction of sp³-hybridized carbons (Fsp3) is 0.583. The van der Waals surface area contributed by atoms with Gasteiger partial charge in [-0.05, 0) is 19.3 Å². The molecular weight excluding hydrogens is 218 g/mol. The number of carboxylic acids is 1. The quantitative estimate of drug-likeness (QED) is 0.817. The van der Waals surface area contributed by atoms with E-state index in [4.69, 9.17) is 5.11 Å². The Labute approximate surface area is 100 Å². The number of carboxylic acid groups (broad SMARTS) is 1. The molecule has 17 heavy (non-hydrogen) atoms. The van der Waals surface area contributed by atoms with Gasteiger partial charge in [0.25, 0.3) is 0 Å². The van der Waals surface area contributed by atoms with Crippen LogP contribution in [-0.2, 0) is 0 Å². The van der Waals surface area contributed by atoms with Crippen LogP contribution in [0.1, 0.15) is 41.7 Å². The molecule has 92 valence electrons. The van der Waals surface area contributed by atoms with E-state index in [2.05, 4.69) is 15.3 Å². The van der Waals surface area contributed by atoms with Crippen molar-refractivity contribution in [2.45, 2.75) is 32.6 Å². The Balaban J connectivity index is 1.88. The second-order valence-corrected chi connectivity index (χ2v) is 4.51. The molecule has 0 radical (unpaired) electrons. The second-order valence-electron chi connectivity index (χ2n) is 4.51. The van der Waals surface area contributed by atoms with Crippen LogP contribution in [0, 0.1) is 12.8 Å². The number of aryl methyl sites for hydroxylation is 1. The standard InChI is InChI=1S/C12H17N3O2/c1-8-10(11(16)17)7-14-12(15-8)13-6-5-9-3-2-4-9/h7,9H,2-6H2,1H3,(H,16,17)(H,13,14,15). The smallest absolute Gasteiger partial charge is 0.339 e. The normalized spacial score (nSPS) is 15.4. The molecule has 1 aromatic heterocycles. The van der Waals surface area contributed by atoms with Crippen LogP contribution in [0.2, 0.25) is 0 Å². The first kappa shape index (κ1) is 11.8. The van der Waals surface area contributed by atoms with E-state index in [9.17, 15) is 4.79 Å². The Morgan fingerprint density at radius 2 is 2.35 bits per heavy atom. The molecule has 0 aliphatic heterocycles. The topological polar surface area (TPSA) is 75.1 Å². The molecule has 0 unspecified atom stereocenters. The third-order valence-electron chi connectivity index (χ3n) is 3.27. The lowest BCUT2D eigenvalue weighted by molar-refractivity contribution is 0.0695. The van der Waals surface area contributed by atoms with Crippen molar-refractivity contribution in [1.82, 2.24) is 9.97 Å². The van der Waals surface area contributed by atoms with Gasteiger partial charge in [0.15, 0.2) is 0 Å². The van der Waals surface area contributed by atoms with Gasteiger partial charge in [0.2, 0.25) is 5.95 Å². The molecular formula is C12H17N3O2. The molecule has 0 aromatic carbocycles. The average molecular weight is 235 g/mol. The predicted octanol–water partition coefficient (Wildman–Crippen LogP) is 2.09. The Morgan fingerprint density at radius 3 is 2.88 bits per heavy atom. The molecule has 1 aliphatic carbocycles. The van der Waals surface area contributed by atoms with Crippen LogP contribution in [0.15, 0.2) is 6.20 Å². The van der Waals surface area contributed by atoms with E-state index in [0.717, 1.165) is 18.9 Å².